The Balaban J connectivity index is 1.52. The summed E-state index contributed by atoms with van der Waals surface area (Å²) in [6.45, 7) is 3.77. The van der Waals surface area contributed by atoms with E-state index in [2.05, 4.69) is 10.5 Å². The van der Waals surface area contributed by atoms with E-state index < -0.39 is 10.0 Å². The molecule has 3 aromatic rings. The Morgan fingerprint density at radius 3 is 2.52 bits per heavy atom. The zero-order valence-electron chi connectivity index (χ0n) is 18.9. The molecule has 1 fully saturated rings. The Labute approximate surface area is 194 Å². The minimum atomic E-state index is -3.69. The van der Waals surface area contributed by atoms with Crippen molar-refractivity contribution >= 4 is 39.5 Å². The summed E-state index contributed by atoms with van der Waals surface area (Å²) in [6, 6.07) is 14.1. The van der Waals surface area contributed by atoms with Crippen LogP contribution in [0.2, 0.25) is 0 Å². The zero-order chi connectivity index (χ0) is 23.6. The molecule has 172 valence electrons. The molecule has 1 aromatic heterocycles. The molecule has 1 aliphatic rings. The highest BCUT2D eigenvalue weighted by Gasteiger charge is 2.31. The lowest BCUT2D eigenvalue weighted by Crippen LogP contribution is -2.27. The molecule has 2 aromatic carbocycles. The quantitative estimate of drug-likeness (QED) is 0.511. The maximum absolute atomic E-state index is 13.1. The van der Waals surface area contributed by atoms with Crippen LogP contribution in [0.5, 0.6) is 0 Å². The summed E-state index contributed by atoms with van der Waals surface area (Å²) in [5, 5.41) is 6.84. The Kier molecular flexibility index (Phi) is 6.37. The van der Waals surface area contributed by atoms with Gasteiger partial charge in [-0.15, -0.1) is 0 Å². The van der Waals surface area contributed by atoms with E-state index >= 15 is 0 Å². The number of hydrogen-bond donors (Lipinski definition) is 1. The Bertz CT molecular complexity index is 1290. The molecule has 1 N–H and O–H groups in total. The zero-order valence-corrected chi connectivity index (χ0v) is 19.7. The largest absolute Gasteiger partial charge is 0.354 e. The number of amides is 1. The molecule has 1 heterocycles. The van der Waals surface area contributed by atoms with Gasteiger partial charge < -0.3 is 9.84 Å². The van der Waals surface area contributed by atoms with Gasteiger partial charge in [-0.05, 0) is 61.6 Å². The Morgan fingerprint density at radius 2 is 1.85 bits per heavy atom. The second-order valence-corrected chi connectivity index (χ2v) is 10.1. The third-order valence-electron chi connectivity index (χ3n) is 5.76. The van der Waals surface area contributed by atoms with Crippen molar-refractivity contribution in [2.75, 3.05) is 16.7 Å². The number of anilines is 2. The third-order valence-corrected chi connectivity index (χ3v) is 7.55. The molecule has 0 saturated heterocycles. The number of para-hydroxylation sites is 1. The lowest BCUT2D eigenvalue weighted by Gasteiger charge is -2.22. The van der Waals surface area contributed by atoms with E-state index in [1.165, 1.54) is 4.31 Å². The first-order chi connectivity index (χ1) is 15.8. The van der Waals surface area contributed by atoms with E-state index in [0.717, 1.165) is 30.4 Å². The van der Waals surface area contributed by atoms with Crippen molar-refractivity contribution in [1.82, 2.24) is 5.16 Å². The van der Waals surface area contributed by atoms with Crippen LogP contribution >= 0.6 is 0 Å². The molecule has 0 radical (unpaired) electrons. The van der Waals surface area contributed by atoms with E-state index in [-0.39, 0.29) is 16.7 Å². The van der Waals surface area contributed by atoms with Crippen LogP contribution in [0.3, 0.4) is 0 Å². The van der Waals surface area contributed by atoms with Crippen LogP contribution in [0, 0.1) is 12.8 Å². The number of benzene rings is 2. The summed E-state index contributed by atoms with van der Waals surface area (Å²) >= 11 is 0. The van der Waals surface area contributed by atoms with Gasteiger partial charge in [-0.2, -0.15) is 0 Å². The van der Waals surface area contributed by atoms with Gasteiger partial charge in [0.05, 0.1) is 10.6 Å². The molecule has 0 aliphatic heterocycles. The maximum atomic E-state index is 13.1. The summed E-state index contributed by atoms with van der Waals surface area (Å²) < 4.78 is 33.0. The minimum absolute atomic E-state index is 0.0146. The molecule has 1 saturated carbocycles. The monoisotopic (exact) mass is 465 g/mol. The minimum Gasteiger partial charge on any atom is -0.354 e. The number of nitrogens with one attached hydrogen (secondary N) is 1. The summed E-state index contributed by atoms with van der Waals surface area (Å²) in [5.74, 6) is 0.515. The number of hydrogen-bond acceptors (Lipinski definition) is 5. The smallest absolute Gasteiger partial charge is 0.264 e. The van der Waals surface area contributed by atoms with Gasteiger partial charge in [0.1, 0.15) is 11.4 Å². The molecule has 0 spiro atoms. The predicted octanol–water partition coefficient (Wildman–Crippen LogP) is 4.89. The van der Waals surface area contributed by atoms with E-state index in [0.29, 0.717) is 22.8 Å². The van der Waals surface area contributed by atoms with E-state index in [9.17, 15) is 13.2 Å². The van der Waals surface area contributed by atoms with Crippen molar-refractivity contribution in [3.8, 4) is 0 Å². The number of carbonyl (C=O) groups is 1. The number of carbonyl (C=O) groups excluding carboxylic acids is 1. The maximum Gasteiger partial charge on any atom is 0.264 e. The summed E-state index contributed by atoms with van der Waals surface area (Å²) in [4.78, 5) is 12.3. The highest BCUT2D eigenvalue weighted by atomic mass is 32.2. The standard InChI is InChI=1S/C25H27N3O4S/c1-4-19-7-5-6-8-22(19)28(3)33(30,31)21-14-9-18(10-15-21)11-16-23-24(17(2)27-32-23)26-25(29)20-12-13-20/h5-11,14-16,20H,4,12-13H2,1-3H3,(H,26,29)/b16-11-. The van der Waals surface area contributed by atoms with Gasteiger partial charge in [0, 0.05) is 13.0 Å². The summed E-state index contributed by atoms with van der Waals surface area (Å²) in [5.41, 5.74) is 3.61. The van der Waals surface area contributed by atoms with Gasteiger partial charge in [0.2, 0.25) is 5.91 Å². The second kappa shape index (κ2) is 9.23. The lowest BCUT2D eigenvalue weighted by atomic mass is 10.1. The first-order valence-corrected chi connectivity index (χ1v) is 12.4. The topological polar surface area (TPSA) is 92.5 Å². The molecular formula is C25H27N3O4S. The molecular weight excluding hydrogens is 438 g/mol. The van der Waals surface area contributed by atoms with Crippen molar-refractivity contribution in [3.63, 3.8) is 0 Å². The highest BCUT2D eigenvalue weighted by Crippen LogP contribution is 2.32. The first kappa shape index (κ1) is 22.8. The van der Waals surface area contributed by atoms with Crippen molar-refractivity contribution in [1.29, 1.82) is 0 Å². The number of sulfonamides is 1. The van der Waals surface area contributed by atoms with Crippen molar-refractivity contribution in [2.45, 2.75) is 38.0 Å². The van der Waals surface area contributed by atoms with Crippen LogP contribution in [0.1, 0.15) is 42.3 Å². The number of aromatic nitrogens is 1. The lowest BCUT2D eigenvalue weighted by molar-refractivity contribution is -0.117. The molecule has 1 amide bonds. The van der Waals surface area contributed by atoms with Gasteiger partial charge >= 0.3 is 0 Å². The molecule has 7 nitrogen and oxygen atoms in total. The SMILES string of the molecule is CCc1ccccc1N(C)S(=O)(=O)c1ccc(/C=C\c2onc(C)c2NC(=O)C2CC2)cc1. The average molecular weight is 466 g/mol. The van der Waals surface area contributed by atoms with Gasteiger partial charge in [0.15, 0.2) is 5.76 Å². The van der Waals surface area contributed by atoms with Crippen LogP contribution in [-0.2, 0) is 21.2 Å². The summed E-state index contributed by atoms with van der Waals surface area (Å²) in [7, 11) is -2.12. The van der Waals surface area contributed by atoms with Gasteiger partial charge in [-0.25, -0.2) is 8.42 Å². The van der Waals surface area contributed by atoms with E-state index in [1.54, 1.807) is 50.4 Å². The molecule has 0 unspecified atom stereocenters. The Hall–Kier alpha value is -3.39. The number of rotatable bonds is 8. The van der Waals surface area contributed by atoms with Crippen LogP contribution in [0.15, 0.2) is 57.9 Å². The van der Waals surface area contributed by atoms with Crippen LogP contribution in [-0.4, -0.2) is 26.5 Å². The third kappa shape index (κ3) is 4.85. The molecule has 8 heteroatoms. The normalized spacial score (nSPS) is 13.9. The molecule has 33 heavy (non-hydrogen) atoms. The van der Waals surface area contributed by atoms with Crippen LogP contribution < -0.4 is 9.62 Å². The highest BCUT2D eigenvalue weighted by molar-refractivity contribution is 7.92. The first-order valence-electron chi connectivity index (χ1n) is 10.9. The fourth-order valence-corrected chi connectivity index (χ4v) is 4.78. The molecule has 4 rings (SSSR count). The molecule has 1 aliphatic carbocycles. The van der Waals surface area contributed by atoms with E-state index in [4.69, 9.17) is 4.52 Å². The predicted molar refractivity (Wildman–Crippen MR) is 129 cm³/mol. The molecule has 0 atom stereocenters. The van der Waals surface area contributed by atoms with Crippen molar-refractivity contribution < 1.29 is 17.7 Å². The van der Waals surface area contributed by atoms with Crippen molar-refractivity contribution in [2.24, 2.45) is 5.92 Å². The van der Waals surface area contributed by atoms with Gasteiger partial charge in [0.25, 0.3) is 10.0 Å². The van der Waals surface area contributed by atoms with Crippen LogP contribution in [0.25, 0.3) is 12.2 Å². The van der Waals surface area contributed by atoms with Crippen molar-refractivity contribution in [3.05, 3.63) is 71.1 Å². The summed E-state index contributed by atoms with van der Waals surface area (Å²) in [6.07, 6.45) is 6.07. The Morgan fingerprint density at radius 1 is 1.15 bits per heavy atom. The van der Waals surface area contributed by atoms with Gasteiger partial charge in [-0.1, -0.05) is 48.5 Å². The fourth-order valence-electron chi connectivity index (χ4n) is 3.55. The second-order valence-electron chi connectivity index (χ2n) is 8.13. The molecule has 0 bridgehead atoms. The number of aryl methyl sites for hydroxylation is 2. The number of nitrogens with zero attached hydrogens (tertiary/aromatic N) is 2. The average Bonchev–Trinajstić information content (AvgIpc) is 3.63. The van der Waals surface area contributed by atoms with Crippen LogP contribution in [0.4, 0.5) is 11.4 Å². The van der Waals surface area contributed by atoms with E-state index in [1.807, 2.05) is 31.2 Å². The fraction of sp³-hybridized carbons (Fsp3) is 0.280. The van der Waals surface area contributed by atoms with Gasteiger partial charge in [-0.3, -0.25) is 9.10 Å².